The van der Waals surface area contributed by atoms with Crippen molar-refractivity contribution >= 4 is 17.7 Å². The highest BCUT2D eigenvalue weighted by Gasteiger charge is 2.11. The fourth-order valence-electron chi connectivity index (χ4n) is 1.89. The molecule has 0 fully saturated rings. The summed E-state index contributed by atoms with van der Waals surface area (Å²) in [5, 5.41) is 9.59. The number of hydrogen-bond donors (Lipinski definition) is 1. The van der Waals surface area contributed by atoms with Crippen molar-refractivity contribution in [3.63, 3.8) is 0 Å². The van der Waals surface area contributed by atoms with Gasteiger partial charge in [-0.3, -0.25) is 4.79 Å². The second-order valence-electron chi connectivity index (χ2n) is 5.15. The first-order chi connectivity index (χ1) is 9.45. The minimum absolute atomic E-state index is 0.0616. The summed E-state index contributed by atoms with van der Waals surface area (Å²) in [6.45, 7) is 8.38. The molecule has 0 unspecified atom stereocenters. The van der Waals surface area contributed by atoms with Gasteiger partial charge in [0.05, 0.1) is 5.75 Å². The van der Waals surface area contributed by atoms with Gasteiger partial charge >= 0.3 is 5.97 Å². The number of hydrogen-bond acceptors (Lipinski definition) is 4. The van der Waals surface area contributed by atoms with Crippen molar-refractivity contribution in [1.29, 1.82) is 0 Å². The maximum absolute atomic E-state index is 10.7. The van der Waals surface area contributed by atoms with Gasteiger partial charge in [-0.25, -0.2) is 4.98 Å². The Hall–Kier alpha value is -1.01. The highest BCUT2D eigenvalue weighted by molar-refractivity contribution is 7.99. The molecule has 0 aliphatic rings. The first-order valence-corrected chi connectivity index (χ1v) is 8.03. The molecule has 0 amide bonds. The predicted molar refractivity (Wildman–Crippen MR) is 82.3 cm³/mol. The van der Waals surface area contributed by atoms with Crippen LogP contribution in [0.15, 0.2) is 11.4 Å². The van der Waals surface area contributed by atoms with Crippen LogP contribution < -0.4 is 0 Å². The van der Waals surface area contributed by atoms with E-state index in [4.69, 9.17) is 5.11 Å². The molecular formula is C14H25N3O2S. The fraction of sp³-hybridized carbons (Fsp3) is 0.714. The topological polar surface area (TPSA) is 58.4 Å². The Labute approximate surface area is 125 Å². The lowest BCUT2D eigenvalue weighted by atomic mass is 10.3. The Balaban J connectivity index is 2.61. The molecule has 114 valence electrons. The lowest BCUT2D eigenvalue weighted by molar-refractivity contribution is -0.133. The summed E-state index contributed by atoms with van der Waals surface area (Å²) in [4.78, 5) is 17.3. The second kappa shape index (κ2) is 8.32. The number of carboxylic acid groups (broad SMARTS) is 1. The fourth-order valence-corrected chi connectivity index (χ4v) is 2.64. The van der Waals surface area contributed by atoms with Crippen molar-refractivity contribution in [3.05, 3.63) is 11.9 Å². The van der Waals surface area contributed by atoms with Crippen LogP contribution in [-0.4, -0.2) is 50.9 Å². The largest absolute Gasteiger partial charge is 0.481 e. The van der Waals surface area contributed by atoms with Crippen LogP contribution in [0, 0.1) is 0 Å². The maximum atomic E-state index is 10.7. The van der Waals surface area contributed by atoms with Gasteiger partial charge in [0.2, 0.25) is 0 Å². The van der Waals surface area contributed by atoms with Gasteiger partial charge in [0.25, 0.3) is 0 Å². The van der Waals surface area contributed by atoms with Gasteiger partial charge in [0.15, 0.2) is 5.16 Å². The van der Waals surface area contributed by atoms with Crippen molar-refractivity contribution in [1.82, 2.24) is 14.5 Å². The van der Waals surface area contributed by atoms with E-state index in [9.17, 15) is 4.79 Å². The van der Waals surface area contributed by atoms with Crippen LogP contribution in [0.25, 0.3) is 0 Å². The van der Waals surface area contributed by atoms with Gasteiger partial charge in [-0.05, 0) is 40.3 Å². The molecule has 0 radical (unpaired) electrons. The van der Waals surface area contributed by atoms with Gasteiger partial charge in [-0.1, -0.05) is 18.7 Å². The molecule has 0 spiro atoms. The van der Waals surface area contributed by atoms with Crippen LogP contribution in [-0.2, 0) is 17.8 Å². The quantitative estimate of drug-likeness (QED) is 0.709. The molecule has 6 heteroatoms. The van der Waals surface area contributed by atoms with Gasteiger partial charge in [-0.15, -0.1) is 0 Å². The number of aryl methyl sites for hydroxylation is 1. The number of carbonyl (C=O) groups is 1. The number of imidazole rings is 1. The zero-order valence-electron chi connectivity index (χ0n) is 12.8. The van der Waals surface area contributed by atoms with Crippen LogP contribution in [0.4, 0.5) is 0 Å². The van der Waals surface area contributed by atoms with E-state index in [1.807, 2.05) is 6.20 Å². The summed E-state index contributed by atoms with van der Waals surface area (Å²) >= 11 is 1.30. The molecule has 1 aromatic rings. The Bertz CT molecular complexity index is 432. The van der Waals surface area contributed by atoms with Gasteiger partial charge < -0.3 is 14.6 Å². The minimum Gasteiger partial charge on any atom is -0.481 e. The van der Waals surface area contributed by atoms with Crippen LogP contribution in [0.2, 0.25) is 0 Å². The van der Waals surface area contributed by atoms with E-state index < -0.39 is 5.97 Å². The smallest absolute Gasteiger partial charge is 0.313 e. The summed E-state index contributed by atoms with van der Waals surface area (Å²) in [6, 6.07) is 0.546. The third kappa shape index (κ3) is 5.17. The first kappa shape index (κ1) is 17.0. The Morgan fingerprint density at radius 3 is 2.80 bits per heavy atom. The molecule has 5 nitrogen and oxygen atoms in total. The van der Waals surface area contributed by atoms with Gasteiger partial charge in [0.1, 0.15) is 0 Å². The minimum atomic E-state index is -0.804. The molecule has 20 heavy (non-hydrogen) atoms. The van der Waals surface area contributed by atoms with Crippen LogP contribution >= 0.6 is 11.8 Å². The van der Waals surface area contributed by atoms with E-state index in [0.29, 0.717) is 6.04 Å². The third-order valence-electron chi connectivity index (χ3n) is 3.36. The normalized spacial score (nSPS) is 11.5. The zero-order valence-corrected chi connectivity index (χ0v) is 13.6. The second-order valence-corrected chi connectivity index (χ2v) is 6.09. The van der Waals surface area contributed by atoms with E-state index in [1.54, 1.807) is 0 Å². The molecule has 0 aromatic carbocycles. The van der Waals surface area contributed by atoms with Crippen LogP contribution in [0.1, 0.15) is 32.9 Å². The number of rotatable bonds is 9. The predicted octanol–water partition coefficient (Wildman–Crippen LogP) is 2.35. The summed E-state index contributed by atoms with van der Waals surface area (Å²) < 4.78 is 2.15. The summed E-state index contributed by atoms with van der Waals surface area (Å²) in [5.74, 6) is -0.742. The molecule has 1 N–H and O–H groups in total. The average molecular weight is 299 g/mol. The Kier molecular flexibility index (Phi) is 7.09. The third-order valence-corrected chi connectivity index (χ3v) is 4.34. The summed E-state index contributed by atoms with van der Waals surface area (Å²) in [7, 11) is 2.12. The average Bonchev–Trinajstić information content (AvgIpc) is 2.78. The van der Waals surface area contributed by atoms with Crippen molar-refractivity contribution in [2.45, 2.75) is 51.4 Å². The van der Waals surface area contributed by atoms with Crippen molar-refractivity contribution < 1.29 is 9.90 Å². The van der Waals surface area contributed by atoms with E-state index in [-0.39, 0.29) is 5.75 Å². The van der Waals surface area contributed by atoms with E-state index >= 15 is 0 Å². The standard InChI is InChI=1S/C14H25N3O2S/c1-5-12-9-15-14(20-10-13(18)19)17(12)8-6-7-16(4)11(2)3/h9,11H,5-8,10H2,1-4H3,(H,18,19). The molecule has 0 saturated heterocycles. The molecule has 0 aliphatic heterocycles. The molecule has 1 heterocycles. The monoisotopic (exact) mass is 299 g/mol. The van der Waals surface area contributed by atoms with E-state index in [1.165, 1.54) is 17.5 Å². The maximum Gasteiger partial charge on any atom is 0.313 e. The van der Waals surface area contributed by atoms with E-state index in [0.717, 1.165) is 31.1 Å². The molecule has 0 atom stereocenters. The Morgan fingerprint density at radius 2 is 2.25 bits per heavy atom. The lowest BCUT2D eigenvalue weighted by Crippen LogP contribution is -2.28. The number of thioether (sulfide) groups is 1. The number of carboxylic acids is 1. The van der Waals surface area contributed by atoms with Gasteiger partial charge in [0, 0.05) is 24.5 Å². The van der Waals surface area contributed by atoms with E-state index in [2.05, 4.69) is 42.3 Å². The van der Waals surface area contributed by atoms with Crippen molar-refractivity contribution in [3.8, 4) is 0 Å². The number of aliphatic carboxylic acids is 1. The van der Waals surface area contributed by atoms with Crippen molar-refractivity contribution in [2.24, 2.45) is 0 Å². The number of nitrogens with zero attached hydrogens (tertiary/aromatic N) is 3. The molecule has 0 aliphatic carbocycles. The van der Waals surface area contributed by atoms with Crippen LogP contribution in [0.5, 0.6) is 0 Å². The number of aromatic nitrogens is 2. The van der Waals surface area contributed by atoms with Gasteiger partial charge in [-0.2, -0.15) is 0 Å². The highest BCUT2D eigenvalue weighted by Crippen LogP contribution is 2.19. The summed E-state index contributed by atoms with van der Waals surface area (Å²) in [5.41, 5.74) is 1.17. The SMILES string of the molecule is CCc1cnc(SCC(=O)O)n1CCCN(C)C(C)C. The molecule has 1 rings (SSSR count). The summed E-state index contributed by atoms with van der Waals surface area (Å²) in [6.07, 6.45) is 3.82. The Morgan fingerprint density at radius 1 is 1.55 bits per heavy atom. The lowest BCUT2D eigenvalue weighted by Gasteiger charge is -2.21. The van der Waals surface area contributed by atoms with Crippen LogP contribution in [0.3, 0.4) is 0 Å². The zero-order chi connectivity index (χ0) is 15.1. The first-order valence-electron chi connectivity index (χ1n) is 7.05. The van der Waals surface area contributed by atoms with Crippen molar-refractivity contribution in [2.75, 3.05) is 19.3 Å². The molecule has 0 bridgehead atoms. The molecular weight excluding hydrogens is 274 g/mol. The highest BCUT2D eigenvalue weighted by atomic mass is 32.2. The molecule has 0 saturated carbocycles. The molecule has 1 aromatic heterocycles.